The van der Waals surface area contributed by atoms with Gasteiger partial charge in [0.15, 0.2) is 0 Å². The molecule has 0 aliphatic rings. The van der Waals surface area contributed by atoms with Crippen LogP contribution in [0.4, 0.5) is 0 Å². The molecule has 21 heavy (non-hydrogen) atoms. The summed E-state index contributed by atoms with van der Waals surface area (Å²) < 4.78 is 5.35. The molecule has 0 saturated carbocycles. The second-order valence-corrected chi connectivity index (χ2v) is 5.53. The molecule has 0 aromatic heterocycles. The molecule has 0 fully saturated rings. The Morgan fingerprint density at radius 3 is 2.00 bits per heavy atom. The van der Waals surface area contributed by atoms with Gasteiger partial charge in [0.1, 0.15) is 6.04 Å². The van der Waals surface area contributed by atoms with Crippen LogP contribution in [-0.2, 0) is 9.53 Å². The summed E-state index contributed by atoms with van der Waals surface area (Å²) in [7, 11) is 0. The van der Waals surface area contributed by atoms with Gasteiger partial charge in [-0.1, -0.05) is 44.2 Å². The van der Waals surface area contributed by atoms with Crippen LogP contribution in [0, 0.1) is 0 Å². The van der Waals surface area contributed by atoms with Crippen molar-refractivity contribution in [3.63, 3.8) is 0 Å². The maximum atomic E-state index is 12.6. The number of carbonyl (C=O) groups excluding carboxylic acids is 1. The van der Waals surface area contributed by atoms with Crippen LogP contribution in [0.3, 0.4) is 0 Å². The molecular weight excluding hydrogens is 262 g/mol. The minimum Gasteiger partial charge on any atom is -0.465 e. The second-order valence-electron chi connectivity index (χ2n) is 5.53. The van der Waals surface area contributed by atoms with Gasteiger partial charge in [0.25, 0.3) is 0 Å². The minimum absolute atomic E-state index is 0.149. The Bertz CT molecular complexity index is 408. The van der Waals surface area contributed by atoms with E-state index in [-0.39, 0.29) is 12.0 Å². The molecule has 1 aromatic carbocycles. The third-order valence-electron chi connectivity index (χ3n) is 4.12. The average Bonchev–Trinajstić information content (AvgIpc) is 2.52. The Kier molecular flexibility index (Phi) is 7.44. The molecule has 0 bridgehead atoms. The van der Waals surface area contributed by atoms with Crippen molar-refractivity contribution >= 4 is 5.97 Å². The highest BCUT2D eigenvalue weighted by Crippen LogP contribution is 2.29. The lowest BCUT2D eigenvalue weighted by molar-refractivity contribution is -0.152. The highest BCUT2D eigenvalue weighted by molar-refractivity contribution is 5.77. The number of hydrogen-bond acceptors (Lipinski definition) is 3. The van der Waals surface area contributed by atoms with Crippen LogP contribution < -0.4 is 0 Å². The maximum Gasteiger partial charge on any atom is 0.328 e. The Morgan fingerprint density at radius 2 is 1.57 bits per heavy atom. The molecule has 1 aromatic rings. The van der Waals surface area contributed by atoms with Gasteiger partial charge in [-0.2, -0.15) is 0 Å². The summed E-state index contributed by atoms with van der Waals surface area (Å²) in [4.78, 5) is 14.9. The summed E-state index contributed by atoms with van der Waals surface area (Å²) in [5.74, 6) is -0.149. The van der Waals surface area contributed by atoms with Crippen molar-refractivity contribution < 1.29 is 9.53 Å². The molecule has 0 spiro atoms. The molecular formula is C18H29NO2. The van der Waals surface area contributed by atoms with Crippen LogP contribution in [0.15, 0.2) is 30.3 Å². The molecule has 0 amide bonds. The van der Waals surface area contributed by atoms with E-state index in [9.17, 15) is 4.79 Å². The summed E-state index contributed by atoms with van der Waals surface area (Å²) in [5.41, 5.74) is 1.01. The quantitative estimate of drug-likeness (QED) is 0.673. The zero-order valence-electron chi connectivity index (χ0n) is 14.0. The third-order valence-corrected chi connectivity index (χ3v) is 4.12. The first-order valence-corrected chi connectivity index (χ1v) is 8.05. The van der Waals surface area contributed by atoms with Crippen molar-refractivity contribution in [2.24, 2.45) is 0 Å². The van der Waals surface area contributed by atoms with Gasteiger partial charge in [0.05, 0.1) is 6.61 Å². The van der Waals surface area contributed by atoms with Crippen LogP contribution in [-0.4, -0.2) is 29.6 Å². The summed E-state index contributed by atoms with van der Waals surface area (Å²) in [6.45, 7) is 11.0. The Morgan fingerprint density at radius 1 is 1.05 bits per heavy atom. The predicted molar refractivity (Wildman–Crippen MR) is 87.2 cm³/mol. The fraction of sp³-hybridized carbons (Fsp3) is 0.611. The minimum atomic E-state index is -0.323. The molecule has 3 atom stereocenters. The summed E-state index contributed by atoms with van der Waals surface area (Å²) in [6.07, 6.45) is 2.01. The molecule has 0 heterocycles. The number of hydrogen-bond donors (Lipinski definition) is 0. The van der Waals surface area contributed by atoms with Crippen molar-refractivity contribution in [3.8, 4) is 0 Å². The van der Waals surface area contributed by atoms with E-state index in [1.807, 2.05) is 37.3 Å². The van der Waals surface area contributed by atoms with Gasteiger partial charge in [0, 0.05) is 12.1 Å². The molecule has 0 aliphatic carbocycles. The maximum absolute atomic E-state index is 12.6. The van der Waals surface area contributed by atoms with E-state index in [2.05, 4.69) is 32.6 Å². The van der Waals surface area contributed by atoms with Crippen LogP contribution in [0.5, 0.6) is 0 Å². The van der Waals surface area contributed by atoms with E-state index >= 15 is 0 Å². The molecule has 3 nitrogen and oxygen atoms in total. The Balaban J connectivity index is 3.21. The molecule has 118 valence electrons. The lowest BCUT2D eigenvalue weighted by atomic mass is 9.99. The summed E-state index contributed by atoms with van der Waals surface area (Å²) in [6, 6.07) is 10.3. The molecule has 3 unspecified atom stereocenters. The molecule has 3 heteroatoms. The fourth-order valence-corrected chi connectivity index (χ4v) is 2.65. The van der Waals surface area contributed by atoms with Crippen LogP contribution in [0.1, 0.15) is 59.1 Å². The zero-order chi connectivity index (χ0) is 15.8. The Labute approximate surface area is 129 Å². The van der Waals surface area contributed by atoms with Crippen molar-refractivity contribution in [1.29, 1.82) is 0 Å². The van der Waals surface area contributed by atoms with E-state index in [1.165, 1.54) is 0 Å². The zero-order valence-corrected chi connectivity index (χ0v) is 14.0. The topological polar surface area (TPSA) is 29.5 Å². The second kappa shape index (κ2) is 8.83. The average molecular weight is 291 g/mol. The molecule has 0 saturated heterocycles. The van der Waals surface area contributed by atoms with E-state index in [1.54, 1.807) is 0 Å². The first kappa shape index (κ1) is 17.7. The molecule has 0 aliphatic heterocycles. The van der Waals surface area contributed by atoms with Crippen molar-refractivity contribution in [3.05, 3.63) is 35.9 Å². The van der Waals surface area contributed by atoms with E-state index < -0.39 is 0 Å². The van der Waals surface area contributed by atoms with Crippen molar-refractivity contribution in [2.75, 3.05) is 6.61 Å². The van der Waals surface area contributed by atoms with Crippen molar-refractivity contribution in [2.45, 2.75) is 65.6 Å². The van der Waals surface area contributed by atoms with Gasteiger partial charge in [-0.3, -0.25) is 4.90 Å². The van der Waals surface area contributed by atoms with Crippen molar-refractivity contribution in [1.82, 2.24) is 4.90 Å². The molecule has 0 radical (unpaired) electrons. The normalized spacial score (nSPS) is 15.5. The number of benzene rings is 1. The lowest BCUT2D eigenvalue weighted by Gasteiger charge is -2.39. The number of ether oxygens (including phenoxy) is 1. The highest BCUT2D eigenvalue weighted by atomic mass is 16.5. The number of nitrogens with zero attached hydrogens (tertiary/aromatic N) is 1. The predicted octanol–water partition coefficient (Wildman–Crippen LogP) is 4.19. The van der Waals surface area contributed by atoms with Gasteiger partial charge in [-0.15, -0.1) is 0 Å². The first-order valence-electron chi connectivity index (χ1n) is 8.05. The monoisotopic (exact) mass is 291 g/mol. The van der Waals surface area contributed by atoms with E-state index in [0.29, 0.717) is 18.7 Å². The lowest BCUT2D eigenvalue weighted by Crippen LogP contribution is -2.46. The van der Waals surface area contributed by atoms with Gasteiger partial charge >= 0.3 is 5.97 Å². The smallest absolute Gasteiger partial charge is 0.328 e. The molecule has 0 N–H and O–H groups in total. The van der Waals surface area contributed by atoms with Crippen LogP contribution in [0.2, 0.25) is 0 Å². The SMILES string of the molecule is CCOC(=O)C(c1ccccc1)N(C(C)CC)C(C)CC. The number of rotatable bonds is 8. The largest absolute Gasteiger partial charge is 0.465 e. The standard InChI is InChI=1S/C18H29NO2/c1-6-14(4)19(15(5)7-2)17(18(20)21-8-3)16-12-10-9-11-13-16/h9-15,17H,6-8H2,1-5H3. The van der Waals surface area contributed by atoms with Gasteiger partial charge in [0.2, 0.25) is 0 Å². The summed E-state index contributed by atoms with van der Waals surface area (Å²) in [5, 5.41) is 0. The molecule has 1 rings (SSSR count). The first-order chi connectivity index (χ1) is 10.1. The van der Waals surface area contributed by atoms with Gasteiger partial charge in [-0.05, 0) is 39.2 Å². The highest BCUT2D eigenvalue weighted by Gasteiger charge is 2.34. The third kappa shape index (κ3) is 4.57. The summed E-state index contributed by atoms with van der Waals surface area (Å²) >= 11 is 0. The Hall–Kier alpha value is -1.35. The van der Waals surface area contributed by atoms with Gasteiger partial charge in [-0.25, -0.2) is 4.79 Å². The van der Waals surface area contributed by atoms with E-state index in [4.69, 9.17) is 4.74 Å². The van der Waals surface area contributed by atoms with Crippen LogP contribution >= 0.6 is 0 Å². The number of esters is 1. The van der Waals surface area contributed by atoms with Gasteiger partial charge < -0.3 is 4.74 Å². The van der Waals surface area contributed by atoms with E-state index in [0.717, 1.165) is 18.4 Å². The number of carbonyl (C=O) groups is 1. The van der Waals surface area contributed by atoms with Crippen LogP contribution in [0.25, 0.3) is 0 Å². The fourth-order valence-electron chi connectivity index (χ4n) is 2.65.